The number of nitrogens with one attached hydrogen (secondary N) is 3. The Labute approximate surface area is 222 Å². The largest absolute Gasteiger partial charge is 0.382 e. The highest BCUT2D eigenvalue weighted by Crippen LogP contribution is 3.02. The van der Waals surface area contributed by atoms with E-state index in [0.29, 0.717) is 54.0 Å². The van der Waals surface area contributed by atoms with Crippen molar-refractivity contribution in [1.82, 2.24) is 4.98 Å². The van der Waals surface area contributed by atoms with Gasteiger partial charge >= 0.3 is 10.2 Å². The average Bonchev–Trinajstić information content (AvgIpc) is 3.30. The molecule has 5 nitrogen and oxygen atoms in total. The summed E-state index contributed by atoms with van der Waals surface area (Å²) < 4.78 is 86.9. The van der Waals surface area contributed by atoms with Gasteiger partial charge in [-0.25, -0.2) is 8.99 Å². The maximum absolute atomic E-state index is 13.5. The van der Waals surface area contributed by atoms with Crippen molar-refractivity contribution in [2.45, 2.75) is 46.8 Å². The lowest BCUT2D eigenvalue weighted by molar-refractivity contribution is 0.364. The Hall–Kier alpha value is -3.56. The predicted molar refractivity (Wildman–Crippen MR) is 145 cm³/mol. The Morgan fingerprint density at radius 2 is 1.51 bits per heavy atom. The maximum Gasteiger partial charge on any atom is 0.310 e. The second-order valence-electron chi connectivity index (χ2n) is 9.81. The number of anilines is 1. The van der Waals surface area contributed by atoms with Gasteiger partial charge in [-0.05, 0) is 85.3 Å². The summed E-state index contributed by atoms with van der Waals surface area (Å²) in [5.41, 5.74) is 3.45. The van der Waals surface area contributed by atoms with Crippen molar-refractivity contribution in [3.05, 3.63) is 78.5 Å². The lowest BCUT2D eigenvalue weighted by Gasteiger charge is -2.40. The molecule has 1 unspecified atom stereocenters. The van der Waals surface area contributed by atoms with E-state index in [4.69, 9.17) is 4.78 Å². The first-order chi connectivity index (χ1) is 18.1. The molecule has 0 bridgehead atoms. The summed E-state index contributed by atoms with van der Waals surface area (Å²) in [4.78, 5) is 1.55. The fraction of sp³-hybridized carbons (Fsp3) is 0.222. The second-order valence-corrected chi connectivity index (χ2v) is 14.6. The van der Waals surface area contributed by atoms with E-state index >= 15 is 0 Å². The number of nitriles is 1. The number of hydrogen-bond acceptors (Lipinski definition) is 4. The molecule has 4 aromatic rings. The number of nitrogens with zero attached hydrogens (tertiary/aromatic N) is 1. The molecule has 1 aliphatic carbocycles. The summed E-state index contributed by atoms with van der Waals surface area (Å²) in [5, 5.41) is 12.8. The Bertz CT molecular complexity index is 1690. The van der Waals surface area contributed by atoms with Gasteiger partial charge in [-0.3, -0.25) is 0 Å². The van der Waals surface area contributed by atoms with Crippen LogP contribution in [0.5, 0.6) is 0 Å². The molecule has 0 aliphatic heterocycles. The number of aromatic amines is 1. The van der Waals surface area contributed by atoms with E-state index in [2.05, 4.69) is 16.4 Å². The molecule has 3 aromatic carbocycles. The molecule has 0 amide bonds. The van der Waals surface area contributed by atoms with E-state index in [1.807, 2.05) is 30.3 Å². The lowest BCUT2D eigenvalue weighted by Crippen LogP contribution is -2.32. The van der Waals surface area contributed by atoms with Crippen molar-refractivity contribution < 1.29 is 23.6 Å². The van der Waals surface area contributed by atoms with Crippen LogP contribution in [0, 0.1) is 16.1 Å². The summed E-state index contributed by atoms with van der Waals surface area (Å²) in [6.45, 7) is 0. The van der Waals surface area contributed by atoms with Gasteiger partial charge in [0, 0.05) is 39.0 Å². The van der Waals surface area contributed by atoms with Gasteiger partial charge in [-0.1, -0.05) is 37.6 Å². The van der Waals surface area contributed by atoms with Crippen LogP contribution < -0.4 is 5.32 Å². The Balaban J connectivity index is 1.23. The Morgan fingerprint density at radius 3 is 2.10 bits per heavy atom. The third kappa shape index (κ3) is 5.60. The summed E-state index contributed by atoms with van der Waals surface area (Å²) >= 11 is 0. The van der Waals surface area contributed by atoms with Gasteiger partial charge in [0.2, 0.25) is 0 Å². The van der Waals surface area contributed by atoms with Crippen molar-refractivity contribution >= 4 is 36.5 Å². The number of H-pyrrole nitrogens is 1. The number of benzene rings is 3. The molecule has 0 spiro atoms. The first-order valence-corrected chi connectivity index (χ1v) is 15.7. The summed E-state index contributed by atoms with van der Waals surface area (Å²) in [6, 6.07) is 17.5. The molecule has 1 heterocycles. The topological polar surface area (TPSA) is 92.5 Å². The van der Waals surface area contributed by atoms with Gasteiger partial charge in [0.05, 0.1) is 15.3 Å². The first kappa shape index (κ1) is 27.0. The van der Waals surface area contributed by atoms with Gasteiger partial charge in [0.25, 0.3) is 0 Å². The molecule has 5 rings (SSSR count). The highest BCUT2D eigenvalue weighted by Gasteiger charge is 2.65. The van der Waals surface area contributed by atoms with Crippen LogP contribution in [0.25, 0.3) is 22.0 Å². The molecule has 1 saturated carbocycles. The lowest BCUT2D eigenvalue weighted by atomic mass is 9.95. The number of halogens is 5. The van der Waals surface area contributed by atoms with Crippen LogP contribution in [0.3, 0.4) is 0 Å². The third-order valence-electron chi connectivity index (χ3n) is 7.15. The van der Waals surface area contributed by atoms with Crippen LogP contribution in [-0.2, 0) is 9.73 Å². The molecule has 1 atom stereocenters. The zero-order valence-corrected chi connectivity index (χ0v) is 22.1. The number of aromatic nitrogens is 1. The summed E-state index contributed by atoms with van der Waals surface area (Å²) in [5.74, 6) is 0. The summed E-state index contributed by atoms with van der Waals surface area (Å²) in [7, 11) is -12.8. The number of rotatable bonds is 6. The summed E-state index contributed by atoms with van der Waals surface area (Å²) in [6.07, 6.45) is 3.70. The number of hydrogen-bond donors (Lipinski definition) is 3. The van der Waals surface area contributed by atoms with Gasteiger partial charge in [-0.15, -0.1) is 0 Å². The van der Waals surface area contributed by atoms with E-state index in [-0.39, 0.29) is 11.3 Å². The fourth-order valence-corrected chi connectivity index (χ4v) is 7.53. The minimum Gasteiger partial charge on any atom is -0.382 e. The maximum atomic E-state index is 13.5. The quantitative estimate of drug-likeness (QED) is 0.199. The van der Waals surface area contributed by atoms with Gasteiger partial charge in [0.1, 0.15) is 11.0 Å². The third-order valence-corrected chi connectivity index (χ3v) is 10.7. The molecule has 1 aliphatic rings. The van der Waals surface area contributed by atoms with Crippen molar-refractivity contribution in [3.63, 3.8) is 0 Å². The highest BCUT2D eigenvalue weighted by atomic mass is 32.5. The van der Waals surface area contributed by atoms with E-state index < -0.39 is 24.8 Å². The zero-order chi connectivity index (χ0) is 28.1. The molecule has 0 radical (unpaired) electrons. The van der Waals surface area contributed by atoms with E-state index in [9.17, 15) is 28.9 Å². The van der Waals surface area contributed by atoms with E-state index in [0.717, 1.165) is 34.2 Å². The molecular weight excluding hydrogens is 555 g/mol. The van der Waals surface area contributed by atoms with Crippen LogP contribution in [0.4, 0.5) is 25.1 Å². The highest BCUT2D eigenvalue weighted by molar-refractivity contribution is 8.45. The van der Waals surface area contributed by atoms with Gasteiger partial charge in [-0.2, -0.15) is 5.26 Å². The molecule has 206 valence electrons. The van der Waals surface area contributed by atoms with Crippen LogP contribution in [0.1, 0.15) is 31.2 Å². The first-order valence-electron chi connectivity index (χ1n) is 12.1. The average molecular weight is 581 g/mol. The zero-order valence-electron chi connectivity index (χ0n) is 20.5. The smallest absolute Gasteiger partial charge is 0.310 e. The van der Waals surface area contributed by atoms with Crippen LogP contribution in [-0.4, -0.2) is 20.5 Å². The van der Waals surface area contributed by atoms with Crippen molar-refractivity contribution in [3.8, 4) is 17.2 Å². The van der Waals surface area contributed by atoms with Crippen LogP contribution in [0.2, 0.25) is 0 Å². The van der Waals surface area contributed by atoms with Crippen molar-refractivity contribution in [2.75, 3.05) is 5.32 Å². The van der Waals surface area contributed by atoms with E-state index in [1.165, 1.54) is 0 Å². The van der Waals surface area contributed by atoms with Crippen molar-refractivity contribution in [2.24, 2.45) is 0 Å². The molecule has 3 N–H and O–H groups in total. The molecule has 39 heavy (non-hydrogen) atoms. The molecule has 1 fully saturated rings. The Morgan fingerprint density at radius 1 is 0.897 bits per heavy atom. The Kier molecular flexibility index (Phi) is 6.05. The number of fused-ring (bicyclic) bond motifs is 1. The standard InChI is InChI=1S/C27H25F5N4OS2/c28-39(29,30,31,32)25-12-6-22(7-13-25)36-21-4-10-24(11-5-21)38(34,37)23-8-1-18(2-9-23)19-3-14-27-26(15-19)20(16-33)17-35-27/h1-3,6-9,12-15,17,21,24,34-36H,4-5,10-11H2. The predicted octanol–water partition coefficient (Wildman–Crippen LogP) is 9.19. The minimum absolute atomic E-state index is 0.133. The molecule has 12 heteroatoms. The van der Waals surface area contributed by atoms with Gasteiger partial charge in [0.15, 0.2) is 0 Å². The molecular formula is C27H25F5N4OS2. The SMILES string of the molecule is N#Cc1c[nH]c2ccc(-c3ccc(S(=N)(=O)C4CCC(Nc5ccc(S(F)(F)(F)(F)F)cc5)CC4)cc3)cc12. The van der Waals surface area contributed by atoms with Crippen LogP contribution >= 0.6 is 10.2 Å². The molecule has 0 saturated heterocycles. The van der Waals surface area contributed by atoms with Gasteiger partial charge < -0.3 is 10.3 Å². The molecule has 1 aromatic heterocycles. The fourth-order valence-electron chi connectivity index (χ4n) is 5.02. The van der Waals surface area contributed by atoms with E-state index in [1.54, 1.807) is 18.3 Å². The minimum atomic E-state index is -9.71. The van der Waals surface area contributed by atoms with Crippen LogP contribution in [0.15, 0.2) is 82.7 Å². The van der Waals surface area contributed by atoms with Crippen molar-refractivity contribution in [1.29, 1.82) is 10.0 Å². The second kappa shape index (κ2) is 8.72. The monoisotopic (exact) mass is 580 g/mol. The normalized spacial score (nSPS) is 21.3.